The van der Waals surface area contributed by atoms with Crippen LogP contribution in [0, 0.1) is 5.82 Å². The number of nitrogens with zero attached hydrogens (tertiary/aromatic N) is 3. The monoisotopic (exact) mass is 381 g/mol. The van der Waals surface area contributed by atoms with Gasteiger partial charge in [0.15, 0.2) is 0 Å². The number of benzene rings is 2. The van der Waals surface area contributed by atoms with Gasteiger partial charge in [-0.25, -0.2) is 4.39 Å². The summed E-state index contributed by atoms with van der Waals surface area (Å²) in [5, 5.41) is 0. The first-order chi connectivity index (χ1) is 13.7. The number of hydrogen-bond donors (Lipinski definition) is 0. The van der Waals surface area contributed by atoms with Crippen LogP contribution in [0.2, 0.25) is 0 Å². The van der Waals surface area contributed by atoms with Crippen LogP contribution in [-0.2, 0) is 17.9 Å². The second-order valence-corrected chi connectivity index (χ2v) is 7.84. The van der Waals surface area contributed by atoms with Crippen molar-refractivity contribution in [1.29, 1.82) is 0 Å². The SMILES string of the molecule is O=C1[C@H](N2CCN(Cc3ccc(F)cc3)CC2)CCCN1Cc1ccccc1. The minimum atomic E-state index is -0.190. The smallest absolute Gasteiger partial charge is 0.240 e. The third-order valence-corrected chi connectivity index (χ3v) is 5.89. The second-order valence-electron chi connectivity index (χ2n) is 7.84. The predicted molar refractivity (Wildman–Crippen MR) is 108 cm³/mol. The molecule has 0 radical (unpaired) electrons. The fourth-order valence-electron chi connectivity index (χ4n) is 4.30. The van der Waals surface area contributed by atoms with E-state index in [1.165, 1.54) is 17.7 Å². The molecule has 0 bridgehead atoms. The molecular formula is C23H28FN3O. The van der Waals surface area contributed by atoms with Crippen molar-refractivity contribution >= 4 is 5.91 Å². The first kappa shape index (κ1) is 19.1. The standard InChI is InChI=1S/C23H28FN3O/c24-21-10-8-20(9-11-21)17-25-13-15-26(16-14-25)22-7-4-12-27(23(22)28)18-19-5-2-1-3-6-19/h1-3,5-6,8-11,22H,4,7,12-18H2/t22-/m1/s1. The van der Waals surface area contributed by atoms with Crippen LogP contribution in [0.25, 0.3) is 0 Å². The summed E-state index contributed by atoms with van der Waals surface area (Å²) in [6.45, 7) is 6.12. The minimum Gasteiger partial charge on any atom is -0.337 e. The largest absolute Gasteiger partial charge is 0.337 e. The second kappa shape index (κ2) is 8.84. The molecule has 2 aromatic rings. The molecule has 2 aliphatic rings. The Morgan fingerprint density at radius 2 is 1.50 bits per heavy atom. The summed E-state index contributed by atoms with van der Waals surface area (Å²) in [5.41, 5.74) is 2.33. The molecule has 0 N–H and O–H groups in total. The van der Waals surface area contributed by atoms with Crippen molar-refractivity contribution in [3.05, 3.63) is 71.5 Å². The summed E-state index contributed by atoms with van der Waals surface area (Å²) in [6.07, 6.45) is 2.03. The van der Waals surface area contributed by atoms with Crippen LogP contribution in [0.3, 0.4) is 0 Å². The van der Waals surface area contributed by atoms with E-state index in [0.717, 1.165) is 57.7 Å². The van der Waals surface area contributed by atoms with E-state index in [-0.39, 0.29) is 17.8 Å². The average molecular weight is 381 g/mol. The van der Waals surface area contributed by atoms with Crippen molar-refractivity contribution in [3.8, 4) is 0 Å². The van der Waals surface area contributed by atoms with Gasteiger partial charge >= 0.3 is 0 Å². The van der Waals surface area contributed by atoms with E-state index in [1.807, 2.05) is 35.2 Å². The molecule has 2 heterocycles. The molecule has 2 aromatic carbocycles. The van der Waals surface area contributed by atoms with Crippen LogP contribution in [-0.4, -0.2) is 59.4 Å². The lowest BCUT2D eigenvalue weighted by atomic mass is 10.0. The maximum Gasteiger partial charge on any atom is 0.240 e. The van der Waals surface area contributed by atoms with Crippen molar-refractivity contribution < 1.29 is 9.18 Å². The molecule has 0 spiro atoms. The van der Waals surface area contributed by atoms with E-state index in [2.05, 4.69) is 21.9 Å². The summed E-state index contributed by atoms with van der Waals surface area (Å²) in [5.74, 6) is 0.0894. The third-order valence-electron chi connectivity index (χ3n) is 5.89. The molecular weight excluding hydrogens is 353 g/mol. The van der Waals surface area contributed by atoms with E-state index in [9.17, 15) is 9.18 Å². The number of piperazine rings is 1. The van der Waals surface area contributed by atoms with E-state index < -0.39 is 0 Å². The highest BCUT2D eigenvalue weighted by atomic mass is 19.1. The first-order valence-corrected chi connectivity index (χ1v) is 10.2. The Morgan fingerprint density at radius 1 is 0.821 bits per heavy atom. The molecule has 4 rings (SSSR count). The van der Waals surface area contributed by atoms with Crippen LogP contribution in [0.5, 0.6) is 0 Å². The molecule has 1 atom stereocenters. The van der Waals surface area contributed by atoms with Gasteiger partial charge in [0.1, 0.15) is 5.82 Å². The first-order valence-electron chi connectivity index (χ1n) is 10.2. The molecule has 2 fully saturated rings. The molecule has 2 saturated heterocycles. The molecule has 0 aliphatic carbocycles. The Morgan fingerprint density at radius 3 is 2.21 bits per heavy atom. The summed E-state index contributed by atoms with van der Waals surface area (Å²) in [4.78, 5) is 19.8. The predicted octanol–water partition coefficient (Wildman–Crippen LogP) is 3.13. The highest BCUT2D eigenvalue weighted by Crippen LogP contribution is 2.21. The Balaban J connectivity index is 1.31. The van der Waals surface area contributed by atoms with Crippen LogP contribution < -0.4 is 0 Å². The summed E-state index contributed by atoms with van der Waals surface area (Å²) < 4.78 is 13.1. The number of hydrogen-bond acceptors (Lipinski definition) is 3. The van der Waals surface area contributed by atoms with Gasteiger partial charge in [-0.05, 0) is 36.1 Å². The van der Waals surface area contributed by atoms with Gasteiger partial charge < -0.3 is 4.90 Å². The maximum atomic E-state index is 13.1. The molecule has 0 aromatic heterocycles. The molecule has 5 heteroatoms. The zero-order chi connectivity index (χ0) is 19.3. The van der Waals surface area contributed by atoms with Gasteiger partial charge in [0.25, 0.3) is 0 Å². The lowest BCUT2D eigenvalue weighted by molar-refractivity contribution is -0.141. The topological polar surface area (TPSA) is 26.8 Å². The number of carbonyl (C=O) groups excluding carboxylic acids is 1. The van der Waals surface area contributed by atoms with Gasteiger partial charge in [0.2, 0.25) is 5.91 Å². The van der Waals surface area contributed by atoms with Crippen molar-refractivity contribution in [2.75, 3.05) is 32.7 Å². The molecule has 148 valence electrons. The third kappa shape index (κ3) is 4.59. The van der Waals surface area contributed by atoms with E-state index >= 15 is 0 Å². The lowest BCUT2D eigenvalue weighted by Gasteiger charge is -2.42. The normalized spacial score (nSPS) is 21.8. The van der Waals surface area contributed by atoms with Crippen LogP contribution >= 0.6 is 0 Å². The van der Waals surface area contributed by atoms with Gasteiger partial charge in [-0.2, -0.15) is 0 Å². The Hall–Kier alpha value is -2.24. The van der Waals surface area contributed by atoms with Crippen molar-refractivity contribution in [2.45, 2.75) is 32.0 Å². The highest BCUT2D eigenvalue weighted by molar-refractivity contribution is 5.82. The molecule has 0 unspecified atom stereocenters. The maximum absolute atomic E-state index is 13.1. The molecule has 4 nitrogen and oxygen atoms in total. The van der Waals surface area contributed by atoms with Crippen molar-refractivity contribution in [3.63, 3.8) is 0 Å². The van der Waals surface area contributed by atoms with Crippen LogP contribution in [0.1, 0.15) is 24.0 Å². The fourth-order valence-corrected chi connectivity index (χ4v) is 4.30. The quantitative estimate of drug-likeness (QED) is 0.796. The van der Waals surface area contributed by atoms with Crippen LogP contribution in [0.15, 0.2) is 54.6 Å². The minimum absolute atomic E-state index is 0.0189. The van der Waals surface area contributed by atoms with E-state index in [1.54, 1.807) is 0 Å². The molecule has 28 heavy (non-hydrogen) atoms. The molecule has 0 saturated carbocycles. The van der Waals surface area contributed by atoms with Gasteiger partial charge in [0.05, 0.1) is 6.04 Å². The number of likely N-dealkylation sites (tertiary alicyclic amines) is 1. The number of carbonyl (C=O) groups is 1. The number of amides is 1. The van der Waals surface area contributed by atoms with Gasteiger partial charge in [-0.1, -0.05) is 42.5 Å². The van der Waals surface area contributed by atoms with Gasteiger partial charge in [-0.3, -0.25) is 14.6 Å². The Labute approximate surface area is 166 Å². The van der Waals surface area contributed by atoms with E-state index in [4.69, 9.17) is 0 Å². The van der Waals surface area contributed by atoms with E-state index in [0.29, 0.717) is 6.54 Å². The summed E-state index contributed by atoms with van der Waals surface area (Å²) >= 11 is 0. The fraction of sp³-hybridized carbons (Fsp3) is 0.435. The number of piperidine rings is 1. The summed E-state index contributed by atoms with van der Waals surface area (Å²) in [6, 6.07) is 17.0. The van der Waals surface area contributed by atoms with Gasteiger partial charge in [-0.15, -0.1) is 0 Å². The molecule has 2 aliphatic heterocycles. The highest BCUT2D eigenvalue weighted by Gasteiger charge is 2.34. The van der Waals surface area contributed by atoms with Gasteiger partial charge in [0, 0.05) is 45.8 Å². The Kier molecular flexibility index (Phi) is 6.03. The summed E-state index contributed by atoms with van der Waals surface area (Å²) in [7, 11) is 0. The zero-order valence-electron chi connectivity index (χ0n) is 16.3. The van der Waals surface area contributed by atoms with Crippen molar-refractivity contribution in [1.82, 2.24) is 14.7 Å². The molecule has 1 amide bonds. The lowest BCUT2D eigenvalue weighted by Crippen LogP contribution is -2.57. The number of halogens is 1. The Bertz CT molecular complexity index is 772. The van der Waals surface area contributed by atoms with Crippen molar-refractivity contribution in [2.24, 2.45) is 0 Å². The average Bonchev–Trinajstić information content (AvgIpc) is 2.73. The van der Waals surface area contributed by atoms with Crippen LogP contribution in [0.4, 0.5) is 4.39 Å². The zero-order valence-corrected chi connectivity index (χ0v) is 16.3. The number of rotatable bonds is 5.